The lowest BCUT2D eigenvalue weighted by molar-refractivity contribution is -0.165. The van der Waals surface area contributed by atoms with Gasteiger partial charge in [0.2, 0.25) is 0 Å². The highest BCUT2D eigenvalue weighted by Gasteiger charge is 2.82. The van der Waals surface area contributed by atoms with Crippen LogP contribution >= 0.6 is 0 Å². The Hall–Kier alpha value is -1.20. The van der Waals surface area contributed by atoms with E-state index in [9.17, 15) is 9.59 Å². The van der Waals surface area contributed by atoms with Crippen molar-refractivity contribution >= 4 is 11.8 Å². The van der Waals surface area contributed by atoms with Gasteiger partial charge in [-0.05, 0) is 57.1 Å². The average molecular weight is 400 g/mol. The first-order chi connectivity index (χ1) is 13.8. The summed E-state index contributed by atoms with van der Waals surface area (Å²) in [4.78, 5) is 24.4. The van der Waals surface area contributed by atoms with Gasteiger partial charge in [0.15, 0.2) is 5.78 Å². The number of rotatable bonds is 2. The minimum atomic E-state index is -0.289. The normalized spacial score (nSPS) is 54.9. The van der Waals surface area contributed by atoms with E-state index < -0.39 is 0 Å². The van der Waals surface area contributed by atoms with Crippen molar-refractivity contribution in [3.63, 3.8) is 0 Å². The number of hydrogen-bond acceptors (Lipinski definition) is 5. The smallest absolute Gasteiger partial charge is 0.306 e. The molecule has 158 valence electrons. The molecule has 2 aliphatic heterocycles. The van der Waals surface area contributed by atoms with Crippen LogP contribution in [0, 0.1) is 22.7 Å². The number of nitrogens with one attached hydrogen (secondary N) is 1. The third-order valence-corrected chi connectivity index (χ3v) is 10.2. The Labute approximate surface area is 173 Å². The van der Waals surface area contributed by atoms with E-state index in [0.717, 1.165) is 45.1 Å². The summed E-state index contributed by atoms with van der Waals surface area (Å²) in [5.41, 5.74) is 0.823. The van der Waals surface area contributed by atoms with Gasteiger partial charge >= 0.3 is 5.97 Å². The summed E-state index contributed by atoms with van der Waals surface area (Å²) in [5.74, 6) is 1.17. The van der Waals surface area contributed by atoms with Crippen molar-refractivity contribution < 1.29 is 19.1 Å². The summed E-state index contributed by atoms with van der Waals surface area (Å²) in [7, 11) is 0. The summed E-state index contributed by atoms with van der Waals surface area (Å²) >= 11 is 0. The van der Waals surface area contributed by atoms with Crippen LogP contribution in [0.5, 0.6) is 0 Å². The number of hydrogen-bond donors (Lipinski definition) is 1. The standard InChI is InChI=1S/C24H33NO4/c1-4-25-17-12-14-11-15(26)5-8-21(14,2)24-18(28-24)13-22(3)16(20(17)24)6-9-23(22)10-7-19(27)29-23/h11,16-18,20,25H,4-10,12-13H2,1-3H3/t16?,17-,18+,20?,21+,22+,23-,24?/m1/s1. The molecule has 3 unspecified atom stereocenters. The van der Waals surface area contributed by atoms with E-state index in [2.05, 4.69) is 26.1 Å². The van der Waals surface area contributed by atoms with E-state index >= 15 is 0 Å². The Morgan fingerprint density at radius 3 is 2.72 bits per heavy atom. The molecule has 6 aliphatic rings. The largest absolute Gasteiger partial charge is 0.458 e. The van der Waals surface area contributed by atoms with E-state index in [4.69, 9.17) is 9.47 Å². The summed E-state index contributed by atoms with van der Waals surface area (Å²) < 4.78 is 12.8. The third-order valence-electron chi connectivity index (χ3n) is 10.2. The van der Waals surface area contributed by atoms with Gasteiger partial charge in [0.05, 0.1) is 6.10 Å². The lowest BCUT2D eigenvalue weighted by Gasteiger charge is -2.59. The minimum absolute atomic E-state index is 0.00969. The molecule has 0 aromatic carbocycles. The van der Waals surface area contributed by atoms with E-state index in [1.54, 1.807) is 0 Å². The molecule has 0 aromatic heterocycles. The van der Waals surface area contributed by atoms with Crippen LogP contribution in [-0.2, 0) is 19.1 Å². The van der Waals surface area contributed by atoms with Crippen molar-refractivity contribution in [2.75, 3.05) is 6.54 Å². The van der Waals surface area contributed by atoms with Crippen molar-refractivity contribution in [1.82, 2.24) is 5.32 Å². The Bertz CT molecular complexity index is 837. The summed E-state index contributed by atoms with van der Waals surface area (Å²) in [5, 5.41) is 3.78. The summed E-state index contributed by atoms with van der Waals surface area (Å²) in [6.07, 6.45) is 9.17. The van der Waals surface area contributed by atoms with Crippen LogP contribution < -0.4 is 5.32 Å². The van der Waals surface area contributed by atoms with Gasteiger partial charge in [-0.25, -0.2) is 0 Å². The number of epoxide rings is 1. The molecule has 5 fully saturated rings. The molecular weight excluding hydrogens is 366 g/mol. The molecule has 6 rings (SSSR count). The Morgan fingerprint density at radius 1 is 1.17 bits per heavy atom. The van der Waals surface area contributed by atoms with Gasteiger partial charge in [-0.1, -0.05) is 26.3 Å². The third kappa shape index (κ3) is 2.00. The van der Waals surface area contributed by atoms with Crippen LogP contribution in [0.3, 0.4) is 0 Å². The van der Waals surface area contributed by atoms with Crippen LogP contribution in [0.4, 0.5) is 0 Å². The lowest BCUT2D eigenvalue weighted by Crippen LogP contribution is -2.65. The quantitative estimate of drug-likeness (QED) is 0.570. The molecule has 5 nitrogen and oxygen atoms in total. The molecule has 8 atom stereocenters. The van der Waals surface area contributed by atoms with Crippen LogP contribution in [0.2, 0.25) is 0 Å². The number of fused-ring (bicyclic) bond motifs is 4. The molecule has 0 bridgehead atoms. The van der Waals surface area contributed by atoms with Gasteiger partial charge in [-0.3, -0.25) is 9.59 Å². The predicted octanol–water partition coefficient (Wildman–Crippen LogP) is 3.31. The molecule has 2 saturated heterocycles. The number of esters is 1. The van der Waals surface area contributed by atoms with Crippen molar-refractivity contribution in [3.05, 3.63) is 11.6 Å². The maximum atomic E-state index is 12.3. The number of ketones is 1. The fourth-order valence-corrected chi connectivity index (χ4v) is 8.77. The maximum Gasteiger partial charge on any atom is 0.306 e. The number of carbonyl (C=O) groups is 2. The molecule has 3 saturated carbocycles. The first-order valence-corrected chi connectivity index (χ1v) is 11.7. The van der Waals surface area contributed by atoms with Gasteiger partial charge in [-0.15, -0.1) is 0 Å². The zero-order chi connectivity index (χ0) is 20.2. The fourth-order valence-electron chi connectivity index (χ4n) is 8.77. The monoisotopic (exact) mass is 399 g/mol. The summed E-state index contributed by atoms with van der Waals surface area (Å²) in [6, 6.07) is 0.326. The molecule has 29 heavy (non-hydrogen) atoms. The number of ether oxygens (including phenoxy) is 2. The van der Waals surface area contributed by atoms with Crippen LogP contribution in [0.15, 0.2) is 11.6 Å². The lowest BCUT2D eigenvalue weighted by atomic mass is 9.45. The Morgan fingerprint density at radius 2 is 2.00 bits per heavy atom. The molecule has 0 amide bonds. The molecule has 5 heteroatoms. The second kappa shape index (κ2) is 5.53. The minimum Gasteiger partial charge on any atom is -0.458 e. The second-order valence-electron chi connectivity index (χ2n) is 11.0. The predicted molar refractivity (Wildman–Crippen MR) is 107 cm³/mol. The SMILES string of the molecule is CCN[C@@H]1CC2=CC(=O)CC[C@]2(C)C23O[C@H]2C[C@@]2(C)C(CC[C@@]24CCC(=O)O4)C13. The van der Waals surface area contributed by atoms with Gasteiger partial charge < -0.3 is 14.8 Å². The van der Waals surface area contributed by atoms with E-state index in [0.29, 0.717) is 30.7 Å². The fraction of sp³-hybridized carbons (Fsp3) is 0.833. The van der Waals surface area contributed by atoms with Gasteiger partial charge in [-0.2, -0.15) is 0 Å². The van der Waals surface area contributed by atoms with Crippen molar-refractivity contribution in [1.29, 1.82) is 0 Å². The first-order valence-electron chi connectivity index (χ1n) is 11.7. The van der Waals surface area contributed by atoms with E-state index in [-0.39, 0.29) is 39.9 Å². The van der Waals surface area contributed by atoms with E-state index in [1.807, 2.05) is 6.08 Å². The highest BCUT2D eigenvalue weighted by atomic mass is 16.6. The molecule has 2 heterocycles. The Balaban J connectivity index is 1.46. The van der Waals surface area contributed by atoms with Crippen molar-refractivity contribution in [3.8, 4) is 0 Å². The molecule has 4 aliphatic carbocycles. The summed E-state index contributed by atoms with van der Waals surface area (Å²) in [6.45, 7) is 7.84. The second-order valence-corrected chi connectivity index (χ2v) is 11.0. The molecule has 0 aromatic rings. The van der Waals surface area contributed by atoms with Crippen LogP contribution in [-0.4, -0.2) is 41.6 Å². The molecule has 2 spiro atoms. The molecule has 0 radical (unpaired) electrons. The zero-order valence-electron chi connectivity index (χ0n) is 17.9. The van der Waals surface area contributed by atoms with Crippen molar-refractivity contribution in [2.24, 2.45) is 22.7 Å². The Kier molecular flexibility index (Phi) is 3.54. The highest BCUT2D eigenvalue weighted by Crippen LogP contribution is 2.77. The van der Waals surface area contributed by atoms with E-state index in [1.165, 1.54) is 5.57 Å². The van der Waals surface area contributed by atoms with Gasteiger partial charge in [0.1, 0.15) is 11.2 Å². The van der Waals surface area contributed by atoms with Crippen molar-refractivity contribution in [2.45, 2.75) is 95.5 Å². The number of carbonyl (C=O) groups excluding carboxylic acids is 2. The molecular formula is C24H33NO4. The topological polar surface area (TPSA) is 67.9 Å². The maximum absolute atomic E-state index is 12.3. The van der Waals surface area contributed by atoms with Gasteiger partial charge in [0, 0.05) is 35.6 Å². The molecule has 1 N–H and O–H groups in total. The van der Waals surface area contributed by atoms with Crippen LogP contribution in [0.1, 0.15) is 72.1 Å². The zero-order valence-corrected chi connectivity index (χ0v) is 17.9. The first kappa shape index (κ1) is 18.6. The van der Waals surface area contributed by atoms with Crippen LogP contribution in [0.25, 0.3) is 0 Å². The van der Waals surface area contributed by atoms with Gasteiger partial charge in [0.25, 0.3) is 0 Å². The average Bonchev–Trinajstić information content (AvgIpc) is 3.16. The highest BCUT2D eigenvalue weighted by molar-refractivity contribution is 5.92.